The van der Waals surface area contributed by atoms with Crippen molar-refractivity contribution in [3.05, 3.63) is 47.9 Å². The third-order valence-electron chi connectivity index (χ3n) is 2.84. The molecule has 1 N–H and O–H groups in total. The van der Waals surface area contributed by atoms with Crippen LogP contribution in [0.5, 0.6) is 5.75 Å². The Morgan fingerprint density at radius 1 is 1.38 bits per heavy atom. The molecule has 2 aromatic rings. The molecule has 0 saturated carbocycles. The largest absolute Gasteiger partial charge is 0.491 e. The van der Waals surface area contributed by atoms with Crippen LogP contribution in [0.4, 0.5) is 0 Å². The van der Waals surface area contributed by atoms with E-state index in [1.165, 1.54) is 0 Å². The zero-order valence-electron chi connectivity index (χ0n) is 11.9. The molecule has 0 spiro atoms. The maximum absolute atomic E-state index is 12.0. The number of ether oxygens (including phenoxy) is 2. The van der Waals surface area contributed by atoms with Crippen molar-refractivity contribution in [1.29, 1.82) is 0 Å². The lowest BCUT2D eigenvalue weighted by Gasteiger charge is -2.08. The van der Waals surface area contributed by atoms with Crippen LogP contribution in [-0.2, 0) is 11.2 Å². The number of hydrogen-bond donors (Lipinski definition) is 1. The maximum atomic E-state index is 12.0. The van der Waals surface area contributed by atoms with E-state index in [0.29, 0.717) is 37.5 Å². The normalized spacial score (nSPS) is 10.3. The first-order chi connectivity index (χ1) is 10.3. The van der Waals surface area contributed by atoms with Crippen LogP contribution in [0.15, 0.2) is 41.2 Å². The van der Waals surface area contributed by atoms with Crippen LogP contribution < -0.4 is 10.1 Å². The Balaban J connectivity index is 1.82. The number of amides is 1. The predicted molar refractivity (Wildman–Crippen MR) is 76.4 cm³/mol. The van der Waals surface area contributed by atoms with Crippen molar-refractivity contribution in [2.24, 2.45) is 0 Å². The van der Waals surface area contributed by atoms with Gasteiger partial charge in [-0.2, -0.15) is 0 Å². The molecule has 1 amide bonds. The van der Waals surface area contributed by atoms with Crippen LogP contribution in [-0.4, -0.2) is 37.9 Å². The van der Waals surface area contributed by atoms with Gasteiger partial charge in [0.1, 0.15) is 18.6 Å². The molecule has 1 aromatic carbocycles. The molecule has 0 bridgehead atoms. The SMILES string of the molecule is COCCOc1cccc(C(=O)NCCc2cnoc2)c1. The molecule has 6 nitrogen and oxygen atoms in total. The van der Waals surface area contributed by atoms with E-state index in [2.05, 4.69) is 10.5 Å². The van der Waals surface area contributed by atoms with E-state index in [1.54, 1.807) is 37.8 Å². The predicted octanol–water partition coefficient (Wildman–Crippen LogP) is 1.67. The highest BCUT2D eigenvalue weighted by molar-refractivity contribution is 5.94. The average molecular weight is 290 g/mol. The van der Waals surface area contributed by atoms with Crippen molar-refractivity contribution >= 4 is 5.91 Å². The minimum absolute atomic E-state index is 0.136. The zero-order valence-corrected chi connectivity index (χ0v) is 11.9. The first kappa shape index (κ1) is 15.1. The minimum Gasteiger partial charge on any atom is -0.491 e. The van der Waals surface area contributed by atoms with Crippen molar-refractivity contribution in [3.63, 3.8) is 0 Å². The van der Waals surface area contributed by atoms with Crippen LogP contribution in [0.3, 0.4) is 0 Å². The van der Waals surface area contributed by atoms with E-state index in [1.807, 2.05) is 6.07 Å². The molecule has 0 aliphatic carbocycles. The van der Waals surface area contributed by atoms with Gasteiger partial charge in [0.15, 0.2) is 0 Å². The lowest BCUT2D eigenvalue weighted by Crippen LogP contribution is -2.25. The topological polar surface area (TPSA) is 73.6 Å². The van der Waals surface area contributed by atoms with E-state index in [0.717, 1.165) is 5.56 Å². The lowest BCUT2D eigenvalue weighted by molar-refractivity contribution is 0.0953. The summed E-state index contributed by atoms with van der Waals surface area (Å²) in [6.07, 6.45) is 3.88. The Labute approximate surface area is 123 Å². The molecule has 6 heteroatoms. The van der Waals surface area contributed by atoms with E-state index in [4.69, 9.17) is 14.0 Å². The van der Waals surface area contributed by atoms with Gasteiger partial charge in [-0.25, -0.2) is 0 Å². The number of rotatable bonds is 8. The standard InChI is InChI=1S/C15H18N2O4/c1-19-7-8-20-14-4-2-3-13(9-14)15(18)16-6-5-12-10-17-21-11-12/h2-4,9-11H,5-8H2,1H3,(H,16,18). The molecule has 0 fully saturated rings. The summed E-state index contributed by atoms with van der Waals surface area (Å²) in [5, 5.41) is 6.45. The summed E-state index contributed by atoms with van der Waals surface area (Å²) in [5.74, 6) is 0.516. The van der Waals surface area contributed by atoms with Crippen LogP contribution in [0, 0.1) is 0 Å². The van der Waals surface area contributed by atoms with Gasteiger partial charge in [0.2, 0.25) is 0 Å². The van der Waals surface area contributed by atoms with E-state index in [9.17, 15) is 4.79 Å². The van der Waals surface area contributed by atoms with Crippen molar-refractivity contribution in [1.82, 2.24) is 10.5 Å². The Hall–Kier alpha value is -2.34. The van der Waals surface area contributed by atoms with Gasteiger partial charge in [-0.1, -0.05) is 11.2 Å². The first-order valence-corrected chi connectivity index (χ1v) is 6.68. The second-order valence-electron chi connectivity index (χ2n) is 4.41. The minimum atomic E-state index is -0.136. The summed E-state index contributed by atoms with van der Waals surface area (Å²) < 4.78 is 15.1. The number of aromatic nitrogens is 1. The third-order valence-corrected chi connectivity index (χ3v) is 2.84. The molecule has 0 aliphatic heterocycles. The second kappa shape index (κ2) is 8.06. The van der Waals surface area contributed by atoms with Gasteiger partial charge < -0.3 is 19.3 Å². The quantitative estimate of drug-likeness (QED) is 0.749. The highest BCUT2D eigenvalue weighted by Gasteiger charge is 2.06. The molecule has 0 atom stereocenters. The van der Waals surface area contributed by atoms with Gasteiger partial charge in [0, 0.05) is 24.8 Å². The highest BCUT2D eigenvalue weighted by atomic mass is 16.5. The molecule has 21 heavy (non-hydrogen) atoms. The number of hydrogen-bond acceptors (Lipinski definition) is 5. The van der Waals surface area contributed by atoms with Crippen molar-refractivity contribution < 1.29 is 18.8 Å². The number of benzene rings is 1. The van der Waals surface area contributed by atoms with Gasteiger partial charge >= 0.3 is 0 Å². The third kappa shape index (κ3) is 4.92. The monoisotopic (exact) mass is 290 g/mol. The molecule has 1 heterocycles. The summed E-state index contributed by atoms with van der Waals surface area (Å²) in [4.78, 5) is 12.0. The Bertz CT molecular complexity index is 555. The molecular weight excluding hydrogens is 272 g/mol. The van der Waals surface area contributed by atoms with Crippen molar-refractivity contribution in [3.8, 4) is 5.75 Å². The number of methoxy groups -OCH3 is 1. The van der Waals surface area contributed by atoms with Crippen molar-refractivity contribution in [2.75, 3.05) is 26.9 Å². The average Bonchev–Trinajstić information content (AvgIpc) is 3.01. The molecule has 1 aromatic heterocycles. The second-order valence-corrected chi connectivity index (χ2v) is 4.41. The summed E-state index contributed by atoms with van der Waals surface area (Å²) in [7, 11) is 1.61. The van der Waals surface area contributed by atoms with Gasteiger partial charge in [-0.15, -0.1) is 0 Å². The van der Waals surface area contributed by atoms with Gasteiger partial charge in [-0.3, -0.25) is 4.79 Å². The Morgan fingerprint density at radius 3 is 3.05 bits per heavy atom. The van der Waals surface area contributed by atoms with Crippen molar-refractivity contribution in [2.45, 2.75) is 6.42 Å². The molecule has 2 rings (SSSR count). The van der Waals surface area contributed by atoms with Crippen LogP contribution in [0.25, 0.3) is 0 Å². The Kier molecular flexibility index (Phi) is 5.78. The summed E-state index contributed by atoms with van der Waals surface area (Å²) in [5.41, 5.74) is 1.52. The van der Waals surface area contributed by atoms with E-state index >= 15 is 0 Å². The fourth-order valence-corrected chi connectivity index (χ4v) is 1.74. The van der Waals surface area contributed by atoms with Gasteiger partial charge in [-0.05, 0) is 24.6 Å². The molecule has 0 unspecified atom stereocenters. The molecule has 0 radical (unpaired) electrons. The van der Waals surface area contributed by atoms with Crippen LogP contribution in [0.2, 0.25) is 0 Å². The highest BCUT2D eigenvalue weighted by Crippen LogP contribution is 2.13. The number of nitrogens with one attached hydrogen (secondary N) is 1. The van der Waals surface area contributed by atoms with Gasteiger partial charge in [0.25, 0.3) is 5.91 Å². The summed E-state index contributed by atoms with van der Waals surface area (Å²) in [6.45, 7) is 1.49. The lowest BCUT2D eigenvalue weighted by atomic mass is 10.2. The molecule has 112 valence electrons. The Morgan fingerprint density at radius 2 is 2.29 bits per heavy atom. The zero-order chi connectivity index (χ0) is 14.9. The summed E-state index contributed by atoms with van der Waals surface area (Å²) >= 11 is 0. The molecule has 0 aliphatic rings. The number of carbonyl (C=O) groups is 1. The smallest absolute Gasteiger partial charge is 0.251 e. The van der Waals surface area contributed by atoms with E-state index < -0.39 is 0 Å². The first-order valence-electron chi connectivity index (χ1n) is 6.68. The molecule has 0 saturated heterocycles. The summed E-state index contributed by atoms with van der Waals surface area (Å²) in [6, 6.07) is 7.06. The van der Waals surface area contributed by atoms with Crippen LogP contribution >= 0.6 is 0 Å². The number of nitrogens with zero attached hydrogens (tertiary/aromatic N) is 1. The maximum Gasteiger partial charge on any atom is 0.251 e. The van der Waals surface area contributed by atoms with E-state index in [-0.39, 0.29) is 5.91 Å². The fourth-order valence-electron chi connectivity index (χ4n) is 1.74. The number of carbonyl (C=O) groups excluding carboxylic acids is 1. The van der Waals surface area contributed by atoms with Crippen LogP contribution in [0.1, 0.15) is 15.9 Å². The van der Waals surface area contributed by atoms with Gasteiger partial charge in [0.05, 0.1) is 12.8 Å². The fraction of sp³-hybridized carbons (Fsp3) is 0.333. The molecular formula is C15H18N2O4.